The fraction of sp³-hybridized carbons (Fsp3) is 1.00. The summed E-state index contributed by atoms with van der Waals surface area (Å²) < 4.78 is 0.823. The Balaban J connectivity index is 1.20. The van der Waals surface area contributed by atoms with Gasteiger partial charge in [0.25, 0.3) is 0 Å². The molecule has 192 valence electrons. The SMILES string of the molecule is CCSC(CSCC(CSC1CSC1)SCC(SC1CSC1)SC1CSC1)CSC1CSC1. The molecule has 0 nitrogen and oxygen atoms in total. The van der Waals surface area contributed by atoms with Crippen LogP contribution in [0.15, 0.2) is 0 Å². The summed E-state index contributed by atoms with van der Waals surface area (Å²) in [5.41, 5.74) is 0. The van der Waals surface area contributed by atoms with Crippen molar-refractivity contribution in [3.63, 3.8) is 0 Å². The zero-order valence-corrected chi connectivity index (χ0v) is 28.4. The summed E-state index contributed by atoms with van der Waals surface area (Å²) in [5.74, 6) is 19.3. The number of thioether (sulfide) groups is 11. The normalized spacial score (nSPS) is 24.2. The molecule has 0 aromatic carbocycles. The van der Waals surface area contributed by atoms with Crippen LogP contribution in [0.25, 0.3) is 0 Å². The third kappa shape index (κ3) is 11.5. The lowest BCUT2D eigenvalue weighted by Gasteiger charge is -2.33. The average molecular weight is 655 g/mol. The second-order valence-electron chi connectivity index (χ2n) is 8.58. The van der Waals surface area contributed by atoms with E-state index in [1.54, 1.807) is 0 Å². The first-order valence-electron chi connectivity index (χ1n) is 11.9. The van der Waals surface area contributed by atoms with Crippen molar-refractivity contribution in [2.24, 2.45) is 0 Å². The minimum Gasteiger partial charge on any atom is -0.160 e. The van der Waals surface area contributed by atoms with Gasteiger partial charge in [0, 0.05) is 106 Å². The van der Waals surface area contributed by atoms with Crippen molar-refractivity contribution in [3.05, 3.63) is 0 Å². The zero-order valence-electron chi connectivity index (χ0n) is 19.4. The molecule has 0 amide bonds. The van der Waals surface area contributed by atoms with Crippen LogP contribution >= 0.6 is 129 Å². The highest BCUT2D eigenvalue weighted by molar-refractivity contribution is 8.21. The second kappa shape index (κ2) is 17.5. The summed E-state index contributed by atoms with van der Waals surface area (Å²) in [7, 11) is 0. The Bertz CT molecular complexity index is 506. The molecule has 4 fully saturated rings. The summed E-state index contributed by atoms with van der Waals surface area (Å²) in [6.07, 6.45) is 0. The fourth-order valence-electron chi connectivity index (χ4n) is 3.30. The molecule has 2 unspecified atom stereocenters. The molecule has 0 aliphatic carbocycles. The van der Waals surface area contributed by atoms with Gasteiger partial charge in [-0.25, -0.2) is 0 Å². The quantitative estimate of drug-likeness (QED) is 0.126. The molecule has 4 aliphatic heterocycles. The lowest BCUT2D eigenvalue weighted by Crippen LogP contribution is -2.29. The molecule has 4 heterocycles. The van der Waals surface area contributed by atoms with E-state index in [1.165, 1.54) is 80.5 Å². The van der Waals surface area contributed by atoms with Crippen molar-refractivity contribution in [3.8, 4) is 0 Å². The van der Waals surface area contributed by atoms with E-state index in [4.69, 9.17) is 0 Å². The Morgan fingerprint density at radius 3 is 1.42 bits per heavy atom. The predicted molar refractivity (Wildman–Crippen MR) is 184 cm³/mol. The fourth-order valence-corrected chi connectivity index (χ4v) is 19.2. The molecule has 4 saturated heterocycles. The molecule has 0 bridgehead atoms. The van der Waals surface area contributed by atoms with Crippen LogP contribution in [0.2, 0.25) is 0 Å². The molecule has 0 spiro atoms. The molecule has 0 aromatic rings. The third-order valence-corrected chi connectivity index (χ3v) is 23.3. The molecular weight excluding hydrogens is 617 g/mol. The van der Waals surface area contributed by atoms with Gasteiger partial charge in [-0.1, -0.05) is 6.92 Å². The van der Waals surface area contributed by atoms with Crippen LogP contribution in [-0.2, 0) is 0 Å². The lowest BCUT2D eigenvalue weighted by atomic mass is 10.5. The van der Waals surface area contributed by atoms with Gasteiger partial charge in [0.1, 0.15) is 0 Å². The Hall–Kier alpha value is 3.85. The van der Waals surface area contributed by atoms with Gasteiger partial charge in [0.2, 0.25) is 0 Å². The molecule has 2 atom stereocenters. The molecule has 0 saturated carbocycles. The summed E-state index contributed by atoms with van der Waals surface area (Å²) in [4.78, 5) is 0. The summed E-state index contributed by atoms with van der Waals surface area (Å²) >= 11 is 24.6. The Kier molecular flexibility index (Phi) is 15.8. The molecule has 4 rings (SSSR count). The van der Waals surface area contributed by atoms with Crippen molar-refractivity contribution >= 4 is 129 Å². The largest absolute Gasteiger partial charge is 0.160 e. The van der Waals surface area contributed by atoms with E-state index in [9.17, 15) is 0 Å². The minimum absolute atomic E-state index is 0.823. The highest BCUT2D eigenvalue weighted by Crippen LogP contribution is 2.43. The molecule has 33 heavy (non-hydrogen) atoms. The standard InChI is InChI=1S/C22H38S11/c1-2-28-18(13-29-16-3-23-4-16)7-25-8-19(14-30-17-5-24-6-17)31-15-22(32-20-9-26-10-20)33-21-11-27-12-21/h16-22H,2-15H2,1H3. The van der Waals surface area contributed by atoms with Crippen LogP contribution in [0.1, 0.15) is 6.92 Å². The molecular formula is C22H38S11. The highest BCUT2D eigenvalue weighted by Gasteiger charge is 2.30. The van der Waals surface area contributed by atoms with E-state index >= 15 is 0 Å². The van der Waals surface area contributed by atoms with Crippen LogP contribution in [0.3, 0.4) is 0 Å². The monoisotopic (exact) mass is 654 g/mol. The van der Waals surface area contributed by atoms with Crippen molar-refractivity contribution in [2.75, 3.05) is 80.5 Å². The van der Waals surface area contributed by atoms with E-state index in [-0.39, 0.29) is 0 Å². The summed E-state index contributed by atoms with van der Waals surface area (Å²) in [6, 6.07) is 0. The van der Waals surface area contributed by atoms with Gasteiger partial charge in [0.05, 0.1) is 4.58 Å². The first kappa shape index (κ1) is 29.8. The zero-order chi connectivity index (χ0) is 22.7. The van der Waals surface area contributed by atoms with Crippen molar-refractivity contribution in [1.29, 1.82) is 0 Å². The Morgan fingerprint density at radius 1 is 0.576 bits per heavy atom. The molecule has 11 heteroatoms. The van der Waals surface area contributed by atoms with Gasteiger partial charge in [-0.2, -0.15) is 106 Å². The topological polar surface area (TPSA) is 0 Å². The van der Waals surface area contributed by atoms with Crippen LogP contribution in [0, 0.1) is 0 Å². The summed E-state index contributed by atoms with van der Waals surface area (Å²) in [6.45, 7) is 2.34. The smallest absolute Gasteiger partial charge is 0.0599 e. The molecule has 0 radical (unpaired) electrons. The first-order valence-corrected chi connectivity index (χ1v) is 23.8. The molecule has 0 aromatic heterocycles. The average Bonchev–Trinajstić information content (AvgIpc) is 2.67. The van der Waals surface area contributed by atoms with Gasteiger partial charge in [-0.15, -0.1) is 23.5 Å². The van der Waals surface area contributed by atoms with E-state index < -0.39 is 0 Å². The second-order valence-corrected chi connectivity index (χ2v) is 22.8. The number of hydrogen-bond acceptors (Lipinski definition) is 11. The number of rotatable bonds is 19. The highest BCUT2D eigenvalue weighted by atomic mass is 32.2. The van der Waals surface area contributed by atoms with E-state index in [1.807, 2.05) is 0 Å². The van der Waals surface area contributed by atoms with Crippen LogP contribution in [0.5, 0.6) is 0 Å². The molecule has 4 aliphatic rings. The minimum atomic E-state index is 0.823. The third-order valence-electron chi connectivity index (χ3n) is 5.63. The maximum Gasteiger partial charge on any atom is 0.0599 e. The maximum atomic E-state index is 2.34. The van der Waals surface area contributed by atoms with Crippen molar-refractivity contribution in [2.45, 2.75) is 43.0 Å². The van der Waals surface area contributed by atoms with Crippen LogP contribution in [-0.4, -0.2) is 117 Å². The van der Waals surface area contributed by atoms with Crippen LogP contribution < -0.4 is 0 Å². The van der Waals surface area contributed by atoms with E-state index in [0.29, 0.717) is 0 Å². The van der Waals surface area contributed by atoms with Gasteiger partial charge in [-0.3, -0.25) is 0 Å². The van der Waals surface area contributed by atoms with Gasteiger partial charge in [0.15, 0.2) is 0 Å². The van der Waals surface area contributed by atoms with Crippen molar-refractivity contribution in [1.82, 2.24) is 0 Å². The predicted octanol–water partition coefficient (Wildman–Crippen LogP) is 7.66. The van der Waals surface area contributed by atoms with Gasteiger partial charge in [-0.05, 0) is 5.75 Å². The maximum absolute atomic E-state index is 2.34. The Labute approximate surface area is 250 Å². The lowest BCUT2D eigenvalue weighted by molar-refractivity contribution is 1.05. The summed E-state index contributed by atoms with van der Waals surface area (Å²) in [5, 5.41) is 5.46. The van der Waals surface area contributed by atoms with E-state index in [2.05, 4.69) is 136 Å². The van der Waals surface area contributed by atoms with Crippen molar-refractivity contribution < 1.29 is 0 Å². The van der Waals surface area contributed by atoms with Gasteiger partial charge >= 0.3 is 0 Å². The van der Waals surface area contributed by atoms with E-state index in [0.717, 1.165) is 36.1 Å². The first-order chi connectivity index (χ1) is 16.3. The Morgan fingerprint density at radius 2 is 1.03 bits per heavy atom. The van der Waals surface area contributed by atoms with Crippen LogP contribution in [0.4, 0.5) is 0 Å². The number of hydrogen-bond donors (Lipinski definition) is 0. The van der Waals surface area contributed by atoms with Gasteiger partial charge < -0.3 is 0 Å². The molecule has 0 N–H and O–H groups in total.